The molecule has 4 heteroatoms. The predicted molar refractivity (Wildman–Crippen MR) is 55.2 cm³/mol. The van der Waals surface area contributed by atoms with Gasteiger partial charge in [-0.3, -0.25) is 0 Å². The summed E-state index contributed by atoms with van der Waals surface area (Å²) in [5.74, 6) is -0.789. The summed E-state index contributed by atoms with van der Waals surface area (Å²) in [6.45, 7) is 3.68. The lowest BCUT2D eigenvalue weighted by molar-refractivity contribution is 0.0599. The van der Waals surface area contributed by atoms with Crippen LogP contribution in [0.1, 0.15) is 35.7 Å². The van der Waals surface area contributed by atoms with E-state index in [-0.39, 0.29) is 23.0 Å². The molecule has 82 valence electrons. The minimum atomic E-state index is -0.587. The van der Waals surface area contributed by atoms with Crippen molar-refractivity contribution in [2.24, 2.45) is 0 Å². The molecule has 0 unspecified atom stereocenters. The Morgan fingerprint density at radius 3 is 2.07 bits per heavy atom. The van der Waals surface area contributed by atoms with Gasteiger partial charge in [0.2, 0.25) is 0 Å². The van der Waals surface area contributed by atoms with Gasteiger partial charge in [-0.2, -0.15) is 0 Å². The van der Waals surface area contributed by atoms with Gasteiger partial charge in [-0.1, -0.05) is 13.8 Å². The number of carbonyl (C=O) groups excluding carboxylic acids is 1. The maximum absolute atomic E-state index is 11.2. The Labute approximate surface area is 88.1 Å². The zero-order valence-corrected chi connectivity index (χ0v) is 8.94. The Balaban J connectivity index is 3.25. The second-order valence-electron chi connectivity index (χ2n) is 3.57. The predicted octanol–water partition coefficient (Wildman–Crippen LogP) is 2.01. The summed E-state index contributed by atoms with van der Waals surface area (Å²) in [5, 5.41) is 19.2. The molecule has 15 heavy (non-hydrogen) atoms. The molecule has 1 aromatic carbocycles. The minimum Gasteiger partial charge on any atom is -0.507 e. The van der Waals surface area contributed by atoms with Crippen LogP contribution in [0.25, 0.3) is 0 Å². The highest BCUT2D eigenvalue weighted by molar-refractivity contribution is 5.90. The fourth-order valence-electron chi connectivity index (χ4n) is 1.45. The summed E-state index contributed by atoms with van der Waals surface area (Å²) >= 11 is 0. The van der Waals surface area contributed by atoms with E-state index >= 15 is 0 Å². The number of ether oxygens (including phenoxy) is 1. The molecular formula is C11H14O4. The van der Waals surface area contributed by atoms with Gasteiger partial charge in [0.1, 0.15) is 11.5 Å². The largest absolute Gasteiger partial charge is 0.507 e. The van der Waals surface area contributed by atoms with Gasteiger partial charge in [-0.15, -0.1) is 0 Å². The number of hydrogen-bond acceptors (Lipinski definition) is 4. The number of phenolic OH excluding ortho intramolecular Hbond substituents is 2. The van der Waals surface area contributed by atoms with Crippen molar-refractivity contribution < 1.29 is 19.7 Å². The van der Waals surface area contributed by atoms with Gasteiger partial charge in [-0.25, -0.2) is 4.79 Å². The van der Waals surface area contributed by atoms with Gasteiger partial charge in [-0.05, 0) is 18.1 Å². The summed E-state index contributed by atoms with van der Waals surface area (Å²) in [5.41, 5.74) is 0.569. The van der Waals surface area contributed by atoms with Gasteiger partial charge in [0.15, 0.2) is 0 Å². The molecule has 2 N–H and O–H groups in total. The van der Waals surface area contributed by atoms with E-state index in [1.165, 1.54) is 19.2 Å². The van der Waals surface area contributed by atoms with Gasteiger partial charge in [0, 0.05) is 5.56 Å². The number of aromatic hydroxyl groups is 2. The van der Waals surface area contributed by atoms with Crippen molar-refractivity contribution in [1.29, 1.82) is 0 Å². The van der Waals surface area contributed by atoms with Crippen molar-refractivity contribution in [3.8, 4) is 11.5 Å². The van der Waals surface area contributed by atoms with Crippen LogP contribution in [0.4, 0.5) is 0 Å². The monoisotopic (exact) mass is 210 g/mol. The molecule has 0 aliphatic rings. The second-order valence-corrected chi connectivity index (χ2v) is 3.57. The van der Waals surface area contributed by atoms with E-state index in [2.05, 4.69) is 4.74 Å². The fourth-order valence-corrected chi connectivity index (χ4v) is 1.45. The third kappa shape index (κ3) is 2.21. The topological polar surface area (TPSA) is 66.8 Å². The first-order valence-electron chi connectivity index (χ1n) is 4.61. The summed E-state index contributed by atoms with van der Waals surface area (Å²) in [4.78, 5) is 11.2. The van der Waals surface area contributed by atoms with Crippen molar-refractivity contribution in [2.75, 3.05) is 7.11 Å². The third-order valence-corrected chi connectivity index (χ3v) is 2.13. The number of benzene rings is 1. The highest BCUT2D eigenvalue weighted by Gasteiger charge is 2.16. The third-order valence-electron chi connectivity index (χ3n) is 2.13. The van der Waals surface area contributed by atoms with Crippen LogP contribution < -0.4 is 0 Å². The molecule has 0 bridgehead atoms. The van der Waals surface area contributed by atoms with Crippen molar-refractivity contribution >= 4 is 5.97 Å². The molecule has 1 aromatic rings. The number of phenols is 2. The molecular weight excluding hydrogens is 196 g/mol. The Morgan fingerprint density at radius 2 is 1.73 bits per heavy atom. The minimum absolute atomic E-state index is 0.0169. The molecule has 1 rings (SSSR count). The normalized spacial score (nSPS) is 10.4. The van der Waals surface area contributed by atoms with E-state index in [9.17, 15) is 15.0 Å². The van der Waals surface area contributed by atoms with E-state index in [1.807, 2.05) is 13.8 Å². The summed E-state index contributed by atoms with van der Waals surface area (Å²) in [6.07, 6.45) is 0. The van der Waals surface area contributed by atoms with Gasteiger partial charge in [0.05, 0.1) is 12.7 Å². The number of esters is 1. The molecule has 0 heterocycles. The first kappa shape index (κ1) is 11.4. The van der Waals surface area contributed by atoms with Crippen LogP contribution >= 0.6 is 0 Å². The second kappa shape index (κ2) is 4.21. The summed E-state index contributed by atoms with van der Waals surface area (Å²) < 4.78 is 4.49. The fraction of sp³-hybridized carbons (Fsp3) is 0.364. The van der Waals surface area contributed by atoms with Gasteiger partial charge < -0.3 is 14.9 Å². The molecule has 0 aromatic heterocycles. The quantitative estimate of drug-likeness (QED) is 0.733. The van der Waals surface area contributed by atoms with Gasteiger partial charge in [0.25, 0.3) is 0 Å². The molecule has 0 spiro atoms. The van der Waals surface area contributed by atoms with Crippen molar-refractivity contribution in [3.63, 3.8) is 0 Å². The van der Waals surface area contributed by atoms with Crippen molar-refractivity contribution in [1.82, 2.24) is 0 Å². The van der Waals surface area contributed by atoms with Crippen LogP contribution in [-0.2, 0) is 4.74 Å². The molecule has 0 aliphatic heterocycles. The lowest BCUT2D eigenvalue weighted by Crippen LogP contribution is -2.02. The lowest BCUT2D eigenvalue weighted by atomic mass is 9.99. The average molecular weight is 210 g/mol. The molecule has 4 nitrogen and oxygen atoms in total. The zero-order chi connectivity index (χ0) is 11.6. The van der Waals surface area contributed by atoms with E-state index in [4.69, 9.17) is 0 Å². The maximum Gasteiger partial charge on any atom is 0.338 e. The van der Waals surface area contributed by atoms with Crippen molar-refractivity contribution in [2.45, 2.75) is 19.8 Å². The van der Waals surface area contributed by atoms with Crippen LogP contribution in [0.2, 0.25) is 0 Å². The highest BCUT2D eigenvalue weighted by Crippen LogP contribution is 2.34. The van der Waals surface area contributed by atoms with E-state index in [0.29, 0.717) is 5.56 Å². The molecule has 0 fully saturated rings. The van der Waals surface area contributed by atoms with E-state index in [1.54, 1.807) is 0 Å². The Bertz CT molecular complexity index is 359. The summed E-state index contributed by atoms with van der Waals surface area (Å²) in [7, 11) is 1.24. The number of methoxy groups -OCH3 is 1. The number of hydrogen-bond donors (Lipinski definition) is 2. The Hall–Kier alpha value is -1.71. The summed E-state index contributed by atoms with van der Waals surface area (Å²) in [6, 6.07) is 2.59. The Kier molecular flexibility index (Phi) is 3.19. The Morgan fingerprint density at radius 1 is 1.27 bits per heavy atom. The molecule has 0 atom stereocenters. The SMILES string of the molecule is COC(=O)c1cc(O)c(C(C)C)c(O)c1. The molecule has 0 amide bonds. The van der Waals surface area contributed by atoms with Crippen LogP contribution in [0.5, 0.6) is 11.5 Å². The molecule has 0 radical (unpaired) electrons. The first-order valence-corrected chi connectivity index (χ1v) is 4.61. The molecule has 0 saturated carbocycles. The van der Waals surface area contributed by atoms with E-state index < -0.39 is 5.97 Å². The standard InChI is InChI=1S/C11H14O4/c1-6(2)10-8(12)4-7(5-9(10)13)11(14)15-3/h4-6,12-13H,1-3H3. The van der Waals surface area contributed by atoms with Crippen LogP contribution in [0.3, 0.4) is 0 Å². The van der Waals surface area contributed by atoms with Crippen molar-refractivity contribution in [3.05, 3.63) is 23.3 Å². The van der Waals surface area contributed by atoms with Crippen LogP contribution in [-0.4, -0.2) is 23.3 Å². The average Bonchev–Trinajstić information content (AvgIpc) is 2.14. The smallest absolute Gasteiger partial charge is 0.338 e. The van der Waals surface area contributed by atoms with Crippen LogP contribution in [0.15, 0.2) is 12.1 Å². The first-order chi connectivity index (χ1) is 6.97. The van der Waals surface area contributed by atoms with E-state index in [0.717, 1.165) is 0 Å². The van der Waals surface area contributed by atoms with Crippen LogP contribution in [0, 0.1) is 0 Å². The number of rotatable bonds is 2. The highest BCUT2D eigenvalue weighted by atomic mass is 16.5. The molecule has 0 saturated heterocycles. The maximum atomic E-state index is 11.2. The lowest BCUT2D eigenvalue weighted by Gasteiger charge is -2.11. The number of carbonyl (C=O) groups is 1. The molecule has 0 aliphatic carbocycles. The van der Waals surface area contributed by atoms with Gasteiger partial charge >= 0.3 is 5.97 Å². The zero-order valence-electron chi connectivity index (χ0n) is 8.94.